The molecule has 1 amide bonds. The summed E-state index contributed by atoms with van der Waals surface area (Å²) in [7, 11) is -4.31. The molecule has 1 heterocycles. The van der Waals surface area contributed by atoms with E-state index < -0.39 is 26.7 Å². The predicted molar refractivity (Wildman–Crippen MR) is 113 cm³/mol. The quantitative estimate of drug-likeness (QED) is 0.715. The number of amides is 1. The fraction of sp³-hybridized carbons (Fsp3) is 0.435. The van der Waals surface area contributed by atoms with E-state index in [0.717, 1.165) is 41.3 Å². The van der Waals surface area contributed by atoms with Crippen molar-refractivity contribution >= 4 is 15.9 Å². The molecule has 2 aromatic carbocycles. The molecule has 0 bridgehead atoms. The highest BCUT2D eigenvalue weighted by Gasteiger charge is 2.43. The maximum absolute atomic E-state index is 13.3. The van der Waals surface area contributed by atoms with Crippen molar-refractivity contribution < 1.29 is 26.4 Å². The van der Waals surface area contributed by atoms with Crippen molar-refractivity contribution in [2.45, 2.75) is 48.7 Å². The molecule has 4 rings (SSSR count). The molecule has 0 unspecified atom stereocenters. The Morgan fingerprint density at radius 3 is 2.12 bits per heavy atom. The monoisotopic (exact) mass is 466 g/mol. The zero-order valence-corrected chi connectivity index (χ0v) is 18.3. The van der Waals surface area contributed by atoms with Gasteiger partial charge in [-0.1, -0.05) is 42.5 Å². The summed E-state index contributed by atoms with van der Waals surface area (Å²) < 4.78 is 66.8. The Hall–Kier alpha value is -2.39. The fourth-order valence-electron chi connectivity index (χ4n) is 4.53. The minimum Gasteiger partial charge on any atom is -0.346 e. The first-order valence-corrected chi connectivity index (χ1v) is 12.1. The van der Waals surface area contributed by atoms with Gasteiger partial charge in [0.05, 0.1) is 16.0 Å². The number of hydrogen-bond acceptors (Lipinski definition) is 3. The average molecular weight is 467 g/mol. The molecule has 9 heteroatoms. The van der Waals surface area contributed by atoms with Gasteiger partial charge >= 0.3 is 6.18 Å². The molecule has 172 valence electrons. The van der Waals surface area contributed by atoms with Crippen molar-refractivity contribution in [1.82, 2.24) is 9.62 Å². The molecule has 2 aromatic rings. The zero-order chi connectivity index (χ0) is 23.0. The summed E-state index contributed by atoms with van der Waals surface area (Å²) in [5.41, 5.74) is -0.495. The lowest BCUT2D eigenvalue weighted by Crippen LogP contribution is -2.53. The summed E-state index contributed by atoms with van der Waals surface area (Å²) in [4.78, 5) is 12.2. The predicted octanol–water partition coefficient (Wildman–Crippen LogP) is 4.30. The summed E-state index contributed by atoms with van der Waals surface area (Å²) in [6.45, 7) is 0.00982. The lowest BCUT2D eigenvalue weighted by molar-refractivity contribution is -0.140. The van der Waals surface area contributed by atoms with E-state index >= 15 is 0 Å². The van der Waals surface area contributed by atoms with E-state index in [-0.39, 0.29) is 43.3 Å². The molecule has 1 saturated heterocycles. The largest absolute Gasteiger partial charge is 0.417 e. The Kier molecular flexibility index (Phi) is 6.06. The van der Waals surface area contributed by atoms with Gasteiger partial charge in [-0.25, -0.2) is 8.42 Å². The van der Waals surface area contributed by atoms with Crippen LogP contribution in [-0.4, -0.2) is 31.7 Å². The second kappa shape index (κ2) is 8.51. The van der Waals surface area contributed by atoms with Crippen molar-refractivity contribution in [3.8, 4) is 0 Å². The van der Waals surface area contributed by atoms with Crippen LogP contribution in [0.25, 0.3) is 0 Å². The average Bonchev–Trinajstić information content (AvgIpc) is 2.76. The number of nitrogens with one attached hydrogen (secondary N) is 1. The lowest BCUT2D eigenvalue weighted by Gasteiger charge is -2.44. The molecule has 0 atom stereocenters. The van der Waals surface area contributed by atoms with Crippen molar-refractivity contribution in [2.24, 2.45) is 5.92 Å². The van der Waals surface area contributed by atoms with Crippen LogP contribution in [0.4, 0.5) is 13.2 Å². The third kappa shape index (κ3) is 4.28. The van der Waals surface area contributed by atoms with Gasteiger partial charge in [-0.2, -0.15) is 17.5 Å². The van der Waals surface area contributed by atoms with Gasteiger partial charge in [0, 0.05) is 19.0 Å². The zero-order valence-electron chi connectivity index (χ0n) is 17.4. The maximum atomic E-state index is 13.3. The highest BCUT2D eigenvalue weighted by Crippen LogP contribution is 2.42. The van der Waals surface area contributed by atoms with Gasteiger partial charge in [0.1, 0.15) is 0 Å². The second-order valence-electron chi connectivity index (χ2n) is 8.46. The van der Waals surface area contributed by atoms with Gasteiger partial charge in [0.2, 0.25) is 15.9 Å². The first-order chi connectivity index (χ1) is 15.1. The first kappa shape index (κ1) is 22.8. The molecule has 0 radical (unpaired) electrons. The summed E-state index contributed by atoms with van der Waals surface area (Å²) >= 11 is 0. The lowest BCUT2D eigenvalue weighted by atomic mass is 9.71. The Morgan fingerprint density at radius 2 is 1.56 bits per heavy atom. The Balaban J connectivity index is 1.44. The number of carbonyl (C=O) groups is 1. The van der Waals surface area contributed by atoms with Gasteiger partial charge in [-0.05, 0) is 49.8 Å². The van der Waals surface area contributed by atoms with Crippen LogP contribution in [0.1, 0.15) is 43.2 Å². The number of carbonyl (C=O) groups excluding carboxylic acids is 1. The van der Waals surface area contributed by atoms with Crippen LogP contribution in [0.5, 0.6) is 0 Å². The fourth-order valence-corrected chi connectivity index (χ4v) is 6.22. The van der Waals surface area contributed by atoms with E-state index in [1.54, 1.807) is 0 Å². The summed E-state index contributed by atoms with van der Waals surface area (Å²) in [6.07, 6.45) is -1.51. The molecule has 2 aliphatic rings. The molecule has 1 aliphatic carbocycles. The molecule has 1 N–H and O–H groups in total. The topological polar surface area (TPSA) is 66.5 Å². The van der Waals surface area contributed by atoms with Crippen LogP contribution in [0.15, 0.2) is 59.5 Å². The minimum absolute atomic E-state index is 0.00491. The van der Waals surface area contributed by atoms with Crippen LogP contribution in [0.3, 0.4) is 0 Å². The molecule has 0 spiro atoms. The highest BCUT2D eigenvalue weighted by molar-refractivity contribution is 7.89. The third-order valence-electron chi connectivity index (χ3n) is 6.53. The number of benzene rings is 2. The van der Waals surface area contributed by atoms with Gasteiger partial charge < -0.3 is 5.32 Å². The molecule has 2 fully saturated rings. The Labute approximate surface area is 185 Å². The molecule has 5 nitrogen and oxygen atoms in total. The number of alkyl halides is 3. The number of piperidine rings is 1. The SMILES string of the molecule is O=C(NC1(c2ccccc2)CCC1)C1CCN(S(=O)(=O)c2ccccc2C(F)(F)F)CC1. The highest BCUT2D eigenvalue weighted by atomic mass is 32.2. The molecular formula is C23H25F3N2O3S. The molecule has 1 aliphatic heterocycles. The number of halogens is 3. The number of rotatable bonds is 5. The van der Waals surface area contributed by atoms with Crippen LogP contribution >= 0.6 is 0 Å². The van der Waals surface area contributed by atoms with E-state index in [1.165, 1.54) is 12.1 Å². The van der Waals surface area contributed by atoms with E-state index in [2.05, 4.69) is 5.32 Å². The molecule has 1 saturated carbocycles. The number of nitrogens with zero attached hydrogens (tertiary/aromatic N) is 1. The molecular weight excluding hydrogens is 441 g/mol. The van der Waals surface area contributed by atoms with Crippen LogP contribution in [0, 0.1) is 5.92 Å². The van der Waals surface area contributed by atoms with Gasteiger partial charge in [0.25, 0.3) is 0 Å². The second-order valence-corrected chi connectivity index (χ2v) is 10.4. The van der Waals surface area contributed by atoms with E-state index in [1.807, 2.05) is 30.3 Å². The van der Waals surface area contributed by atoms with E-state index in [4.69, 9.17) is 0 Å². The smallest absolute Gasteiger partial charge is 0.346 e. The summed E-state index contributed by atoms with van der Waals surface area (Å²) in [6, 6.07) is 14.0. The normalized spacial score (nSPS) is 19.8. The Morgan fingerprint density at radius 1 is 0.969 bits per heavy atom. The van der Waals surface area contributed by atoms with E-state index in [9.17, 15) is 26.4 Å². The number of sulfonamides is 1. The summed E-state index contributed by atoms with van der Waals surface area (Å²) in [5, 5.41) is 3.17. The van der Waals surface area contributed by atoms with Crippen molar-refractivity contribution in [2.75, 3.05) is 13.1 Å². The van der Waals surface area contributed by atoms with Gasteiger partial charge in [-0.3, -0.25) is 4.79 Å². The summed E-state index contributed by atoms with van der Waals surface area (Å²) in [5.74, 6) is -0.498. The van der Waals surface area contributed by atoms with E-state index in [0.29, 0.717) is 0 Å². The van der Waals surface area contributed by atoms with Gasteiger partial charge in [0.15, 0.2) is 0 Å². The first-order valence-electron chi connectivity index (χ1n) is 10.7. The molecule has 0 aromatic heterocycles. The third-order valence-corrected chi connectivity index (χ3v) is 8.49. The van der Waals surface area contributed by atoms with Crippen LogP contribution < -0.4 is 5.32 Å². The van der Waals surface area contributed by atoms with Gasteiger partial charge in [-0.15, -0.1) is 0 Å². The molecule has 32 heavy (non-hydrogen) atoms. The Bertz CT molecular complexity index is 1080. The minimum atomic E-state index is -4.77. The standard InChI is InChI=1S/C23H25F3N2O3S/c24-23(25,26)19-9-4-5-10-20(19)32(30,31)28-15-11-17(12-16-28)21(29)27-22(13-6-14-22)18-7-2-1-3-8-18/h1-5,7-10,17H,6,11-16H2,(H,27,29). The van der Waals surface area contributed by atoms with Crippen molar-refractivity contribution in [3.05, 3.63) is 65.7 Å². The van der Waals surface area contributed by atoms with Crippen LogP contribution in [-0.2, 0) is 26.5 Å². The maximum Gasteiger partial charge on any atom is 0.417 e. The van der Waals surface area contributed by atoms with Crippen molar-refractivity contribution in [3.63, 3.8) is 0 Å². The number of hydrogen-bond donors (Lipinski definition) is 1. The van der Waals surface area contributed by atoms with Crippen LogP contribution in [0.2, 0.25) is 0 Å². The van der Waals surface area contributed by atoms with Crippen molar-refractivity contribution in [1.29, 1.82) is 0 Å².